The Morgan fingerprint density at radius 3 is 2.86 bits per heavy atom. The van der Waals surface area contributed by atoms with E-state index in [2.05, 4.69) is 29.1 Å². The molecule has 0 spiro atoms. The van der Waals surface area contributed by atoms with Crippen LogP contribution >= 0.6 is 0 Å². The zero-order chi connectivity index (χ0) is 10.2. The molecule has 0 bridgehead atoms. The third-order valence-electron chi connectivity index (χ3n) is 3.04. The molecule has 3 nitrogen and oxygen atoms in total. The maximum atomic E-state index is 4.50. The lowest BCUT2D eigenvalue weighted by atomic mass is 9.86. The van der Waals surface area contributed by atoms with Crippen LogP contribution in [-0.2, 0) is 0 Å². The van der Waals surface area contributed by atoms with E-state index in [1.165, 1.54) is 12.1 Å². The van der Waals surface area contributed by atoms with Crippen molar-refractivity contribution in [3.63, 3.8) is 0 Å². The van der Waals surface area contributed by atoms with E-state index >= 15 is 0 Å². The smallest absolute Gasteiger partial charge is 0.125 e. The van der Waals surface area contributed by atoms with E-state index in [1.54, 1.807) is 0 Å². The molecule has 1 N–H and O–H groups in total. The first-order valence-corrected chi connectivity index (χ1v) is 5.14. The summed E-state index contributed by atoms with van der Waals surface area (Å²) in [4.78, 5) is 8.63. The summed E-state index contributed by atoms with van der Waals surface area (Å²) >= 11 is 0. The Morgan fingerprint density at radius 1 is 1.50 bits per heavy atom. The predicted molar refractivity (Wildman–Crippen MR) is 56.2 cm³/mol. The molecule has 1 aromatic heterocycles. The van der Waals surface area contributed by atoms with Crippen LogP contribution in [0.4, 0.5) is 0 Å². The molecule has 14 heavy (non-hydrogen) atoms. The molecule has 0 aromatic carbocycles. The van der Waals surface area contributed by atoms with Gasteiger partial charge in [-0.1, -0.05) is 0 Å². The highest BCUT2D eigenvalue weighted by molar-refractivity contribution is 5.16. The van der Waals surface area contributed by atoms with E-state index < -0.39 is 0 Å². The Hall–Kier alpha value is -0.960. The number of nitrogens with one attached hydrogen (secondary N) is 1. The molecule has 0 amide bonds. The number of aryl methyl sites for hydroxylation is 1. The van der Waals surface area contributed by atoms with Gasteiger partial charge in [-0.3, -0.25) is 0 Å². The Morgan fingerprint density at radius 2 is 2.29 bits per heavy atom. The van der Waals surface area contributed by atoms with Gasteiger partial charge in [-0.25, -0.2) is 9.97 Å². The predicted octanol–water partition coefficient (Wildman–Crippen LogP) is 1.64. The lowest BCUT2D eigenvalue weighted by Gasteiger charge is -2.26. The Bertz CT molecular complexity index is 333. The van der Waals surface area contributed by atoms with Gasteiger partial charge < -0.3 is 5.32 Å². The van der Waals surface area contributed by atoms with Gasteiger partial charge in [-0.05, 0) is 39.8 Å². The summed E-state index contributed by atoms with van der Waals surface area (Å²) in [5, 5.41) is 3.50. The zero-order valence-corrected chi connectivity index (χ0v) is 9.04. The fourth-order valence-electron chi connectivity index (χ4n) is 2.21. The first kappa shape index (κ1) is 9.59. The average Bonchev–Trinajstić information content (AvgIpc) is 2.45. The second-order valence-corrected chi connectivity index (χ2v) is 4.52. The maximum Gasteiger partial charge on any atom is 0.125 e. The molecule has 1 atom stereocenters. The molecule has 1 unspecified atom stereocenters. The standard InChI is InChI=1S/C11H17N3/c1-8-12-6-5-10(14-8)9-4-7-13-11(9,2)3/h5-6,9,13H,4,7H2,1-3H3. The van der Waals surface area contributed by atoms with Gasteiger partial charge in [-0.2, -0.15) is 0 Å². The lowest BCUT2D eigenvalue weighted by molar-refractivity contribution is 0.404. The van der Waals surface area contributed by atoms with E-state index in [0.717, 1.165) is 12.4 Å². The quantitative estimate of drug-likeness (QED) is 0.733. The molecule has 0 radical (unpaired) electrons. The molecule has 2 heterocycles. The minimum absolute atomic E-state index is 0.167. The second kappa shape index (κ2) is 3.31. The van der Waals surface area contributed by atoms with Crippen LogP contribution in [0.1, 0.15) is 37.7 Å². The highest BCUT2D eigenvalue weighted by Crippen LogP contribution is 2.33. The number of hydrogen-bond donors (Lipinski definition) is 1. The van der Waals surface area contributed by atoms with Crippen LogP contribution in [0, 0.1) is 6.92 Å². The minimum Gasteiger partial charge on any atom is -0.311 e. The molecular weight excluding hydrogens is 174 g/mol. The van der Waals surface area contributed by atoms with E-state index in [4.69, 9.17) is 0 Å². The zero-order valence-electron chi connectivity index (χ0n) is 9.04. The van der Waals surface area contributed by atoms with Crippen molar-refractivity contribution in [1.82, 2.24) is 15.3 Å². The van der Waals surface area contributed by atoms with Crippen LogP contribution in [0.15, 0.2) is 12.3 Å². The van der Waals surface area contributed by atoms with Crippen molar-refractivity contribution in [2.75, 3.05) is 6.54 Å². The SMILES string of the molecule is Cc1nccc(C2CCNC2(C)C)n1. The summed E-state index contributed by atoms with van der Waals surface area (Å²) in [5.74, 6) is 1.38. The monoisotopic (exact) mass is 191 g/mol. The molecule has 1 saturated heterocycles. The van der Waals surface area contributed by atoms with Crippen molar-refractivity contribution in [2.45, 2.75) is 38.6 Å². The van der Waals surface area contributed by atoms with Crippen LogP contribution in [0.3, 0.4) is 0 Å². The maximum absolute atomic E-state index is 4.50. The molecule has 2 rings (SSSR count). The van der Waals surface area contributed by atoms with Gasteiger partial charge in [0.2, 0.25) is 0 Å². The van der Waals surface area contributed by atoms with Gasteiger partial charge in [0.15, 0.2) is 0 Å². The number of hydrogen-bond acceptors (Lipinski definition) is 3. The Balaban J connectivity index is 2.31. The topological polar surface area (TPSA) is 37.8 Å². The summed E-state index contributed by atoms with van der Waals surface area (Å²) in [6.07, 6.45) is 3.02. The van der Waals surface area contributed by atoms with Crippen molar-refractivity contribution in [1.29, 1.82) is 0 Å². The van der Waals surface area contributed by atoms with Gasteiger partial charge in [0, 0.05) is 23.3 Å². The van der Waals surface area contributed by atoms with Crippen LogP contribution in [-0.4, -0.2) is 22.1 Å². The average molecular weight is 191 g/mol. The largest absolute Gasteiger partial charge is 0.311 e. The van der Waals surface area contributed by atoms with Crippen molar-refractivity contribution in [3.05, 3.63) is 23.8 Å². The molecule has 76 valence electrons. The van der Waals surface area contributed by atoms with E-state index in [0.29, 0.717) is 5.92 Å². The fraction of sp³-hybridized carbons (Fsp3) is 0.636. The van der Waals surface area contributed by atoms with E-state index in [-0.39, 0.29) is 5.54 Å². The van der Waals surface area contributed by atoms with Gasteiger partial charge >= 0.3 is 0 Å². The molecule has 1 aromatic rings. The first-order valence-electron chi connectivity index (χ1n) is 5.14. The molecule has 3 heteroatoms. The number of aromatic nitrogens is 2. The summed E-state index contributed by atoms with van der Waals surface area (Å²) in [5.41, 5.74) is 1.34. The lowest BCUT2D eigenvalue weighted by Crippen LogP contribution is -2.37. The highest BCUT2D eigenvalue weighted by Gasteiger charge is 2.35. The summed E-state index contributed by atoms with van der Waals surface area (Å²) in [6.45, 7) is 7.50. The molecule has 1 aliphatic heterocycles. The minimum atomic E-state index is 0.167. The molecule has 0 saturated carbocycles. The molecule has 0 aliphatic carbocycles. The normalized spacial score (nSPS) is 25.2. The summed E-state index contributed by atoms with van der Waals surface area (Å²) in [7, 11) is 0. The Labute approximate surface area is 85.0 Å². The van der Waals surface area contributed by atoms with Gasteiger partial charge in [-0.15, -0.1) is 0 Å². The fourth-order valence-corrected chi connectivity index (χ4v) is 2.21. The van der Waals surface area contributed by atoms with E-state index in [9.17, 15) is 0 Å². The number of nitrogens with zero attached hydrogens (tertiary/aromatic N) is 2. The van der Waals surface area contributed by atoms with Crippen LogP contribution in [0.5, 0.6) is 0 Å². The summed E-state index contributed by atoms with van der Waals surface area (Å²) in [6, 6.07) is 2.03. The van der Waals surface area contributed by atoms with Gasteiger partial charge in [0.05, 0.1) is 0 Å². The van der Waals surface area contributed by atoms with Crippen molar-refractivity contribution in [3.8, 4) is 0 Å². The first-order chi connectivity index (χ1) is 6.59. The molecule has 1 aliphatic rings. The molecular formula is C11H17N3. The molecule has 1 fully saturated rings. The Kier molecular flexibility index (Phi) is 2.27. The van der Waals surface area contributed by atoms with Gasteiger partial charge in [0.1, 0.15) is 5.82 Å². The van der Waals surface area contributed by atoms with Crippen molar-refractivity contribution < 1.29 is 0 Å². The highest BCUT2D eigenvalue weighted by atomic mass is 15.0. The number of rotatable bonds is 1. The van der Waals surface area contributed by atoms with Crippen molar-refractivity contribution in [2.24, 2.45) is 0 Å². The third kappa shape index (κ3) is 1.64. The van der Waals surface area contributed by atoms with Gasteiger partial charge in [0.25, 0.3) is 0 Å². The van der Waals surface area contributed by atoms with Crippen LogP contribution < -0.4 is 5.32 Å². The van der Waals surface area contributed by atoms with E-state index in [1.807, 2.05) is 19.2 Å². The van der Waals surface area contributed by atoms with Crippen LogP contribution in [0.25, 0.3) is 0 Å². The van der Waals surface area contributed by atoms with Crippen LogP contribution in [0.2, 0.25) is 0 Å². The second-order valence-electron chi connectivity index (χ2n) is 4.52. The van der Waals surface area contributed by atoms with Crippen molar-refractivity contribution >= 4 is 0 Å². The third-order valence-corrected chi connectivity index (χ3v) is 3.04. The summed E-state index contributed by atoms with van der Waals surface area (Å²) < 4.78 is 0.